The summed E-state index contributed by atoms with van der Waals surface area (Å²) in [4.78, 5) is 0. The highest BCUT2D eigenvalue weighted by molar-refractivity contribution is 6.30. The Hall–Kier alpha value is -2.46. The molecule has 0 atom stereocenters. The first kappa shape index (κ1) is 12.6. The van der Waals surface area contributed by atoms with Gasteiger partial charge >= 0.3 is 0 Å². The molecule has 0 radical (unpaired) electrons. The second-order valence-corrected chi connectivity index (χ2v) is 4.74. The molecule has 100 valence electrons. The third kappa shape index (κ3) is 2.21. The maximum atomic E-state index is 9.96. The van der Waals surface area contributed by atoms with Crippen LogP contribution in [0.2, 0.25) is 5.02 Å². The van der Waals surface area contributed by atoms with E-state index in [0.717, 1.165) is 11.4 Å². The highest BCUT2D eigenvalue weighted by atomic mass is 35.5. The summed E-state index contributed by atoms with van der Waals surface area (Å²) >= 11 is 5.88. The Balaban J connectivity index is 2.12. The van der Waals surface area contributed by atoms with Crippen LogP contribution in [0.1, 0.15) is 0 Å². The van der Waals surface area contributed by atoms with E-state index in [1.807, 2.05) is 12.1 Å². The van der Waals surface area contributed by atoms with Gasteiger partial charge in [0.1, 0.15) is 11.5 Å². The number of aromatic nitrogens is 2. The molecule has 3 rings (SSSR count). The lowest BCUT2D eigenvalue weighted by Crippen LogP contribution is -1.98. The van der Waals surface area contributed by atoms with Gasteiger partial charge in [-0.1, -0.05) is 11.6 Å². The molecule has 0 fully saturated rings. The van der Waals surface area contributed by atoms with Crippen LogP contribution in [0.15, 0.2) is 54.7 Å². The van der Waals surface area contributed by atoms with Gasteiger partial charge in [-0.25, -0.2) is 4.68 Å². The molecule has 4 nitrogen and oxygen atoms in total. The van der Waals surface area contributed by atoms with Crippen LogP contribution < -0.4 is 0 Å². The molecule has 2 N–H and O–H groups in total. The predicted octanol–water partition coefficient (Wildman–Crippen LogP) is 3.60. The van der Waals surface area contributed by atoms with Gasteiger partial charge < -0.3 is 10.2 Å². The van der Waals surface area contributed by atoms with Crippen LogP contribution in [0.25, 0.3) is 16.9 Å². The van der Waals surface area contributed by atoms with Gasteiger partial charge in [-0.05, 0) is 42.5 Å². The highest BCUT2D eigenvalue weighted by Crippen LogP contribution is 2.33. The van der Waals surface area contributed by atoms with Crippen molar-refractivity contribution < 1.29 is 10.2 Å². The van der Waals surface area contributed by atoms with E-state index in [-0.39, 0.29) is 11.5 Å². The van der Waals surface area contributed by atoms with Crippen molar-refractivity contribution in [1.29, 1.82) is 0 Å². The maximum Gasteiger partial charge on any atom is 0.128 e. The van der Waals surface area contributed by atoms with E-state index in [1.54, 1.807) is 35.1 Å². The largest absolute Gasteiger partial charge is 0.508 e. The van der Waals surface area contributed by atoms with Gasteiger partial charge in [0.25, 0.3) is 0 Å². The van der Waals surface area contributed by atoms with Gasteiger partial charge in [-0.3, -0.25) is 0 Å². The lowest BCUT2D eigenvalue weighted by molar-refractivity contribution is 0.451. The molecule has 0 aliphatic rings. The first-order chi connectivity index (χ1) is 9.65. The zero-order chi connectivity index (χ0) is 14.1. The Labute approximate surface area is 120 Å². The quantitative estimate of drug-likeness (QED) is 0.757. The van der Waals surface area contributed by atoms with E-state index in [4.69, 9.17) is 11.6 Å². The average Bonchev–Trinajstić information content (AvgIpc) is 2.88. The van der Waals surface area contributed by atoms with Crippen molar-refractivity contribution in [2.24, 2.45) is 0 Å². The van der Waals surface area contributed by atoms with Gasteiger partial charge in [0.15, 0.2) is 0 Å². The molecule has 2 aromatic carbocycles. The van der Waals surface area contributed by atoms with Crippen LogP contribution in [0.5, 0.6) is 11.5 Å². The monoisotopic (exact) mass is 286 g/mol. The minimum absolute atomic E-state index is 0.000661. The number of benzene rings is 2. The first-order valence-electron chi connectivity index (χ1n) is 5.97. The van der Waals surface area contributed by atoms with Crippen molar-refractivity contribution in [2.75, 3.05) is 0 Å². The van der Waals surface area contributed by atoms with Crippen LogP contribution in [-0.4, -0.2) is 20.0 Å². The standard InChI is InChI=1S/C15H11ClN2O2/c16-10-1-3-11(4-2-10)18-14(7-8-17-18)13-6-5-12(19)9-15(13)20/h1-9,19-20H. The van der Waals surface area contributed by atoms with Crippen molar-refractivity contribution in [3.63, 3.8) is 0 Å². The summed E-state index contributed by atoms with van der Waals surface area (Å²) in [7, 11) is 0. The molecular formula is C15H11ClN2O2. The van der Waals surface area contributed by atoms with Gasteiger partial charge in [-0.15, -0.1) is 0 Å². The Kier molecular flexibility index (Phi) is 3.08. The number of phenols is 2. The lowest BCUT2D eigenvalue weighted by atomic mass is 10.1. The van der Waals surface area contributed by atoms with Gasteiger partial charge in [0, 0.05) is 16.7 Å². The normalized spacial score (nSPS) is 10.7. The molecule has 1 heterocycles. The fourth-order valence-electron chi connectivity index (χ4n) is 2.03. The van der Waals surface area contributed by atoms with Crippen LogP contribution in [-0.2, 0) is 0 Å². The summed E-state index contributed by atoms with van der Waals surface area (Å²) in [5, 5.41) is 24.2. The van der Waals surface area contributed by atoms with Crippen molar-refractivity contribution in [3.8, 4) is 28.4 Å². The van der Waals surface area contributed by atoms with Crippen LogP contribution in [0.3, 0.4) is 0 Å². The molecule has 0 spiro atoms. The van der Waals surface area contributed by atoms with Crippen molar-refractivity contribution >= 4 is 11.6 Å². The van der Waals surface area contributed by atoms with Gasteiger partial charge in [0.05, 0.1) is 17.6 Å². The second-order valence-electron chi connectivity index (χ2n) is 4.31. The number of aromatic hydroxyl groups is 2. The summed E-state index contributed by atoms with van der Waals surface area (Å²) < 4.78 is 1.70. The highest BCUT2D eigenvalue weighted by Gasteiger charge is 2.11. The number of hydrogen-bond donors (Lipinski definition) is 2. The minimum atomic E-state index is 0.000661. The average molecular weight is 287 g/mol. The smallest absolute Gasteiger partial charge is 0.128 e. The topological polar surface area (TPSA) is 58.3 Å². The molecule has 3 aromatic rings. The van der Waals surface area contributed by atoms with Crippen LogP contribution in [0, 0.1) is 0 Å². The van der Waals surface area contributed by atoms with E-state index >= 15 is 0 Å². The van der Waals surface area contributed by atoms with Crippen LogP contribution in [0.4, 0.5) is 0 Å². The molecular weight excluding hydrogens is 276 g/mol. The summed E-state index contributed by atoms with van der Waals surface area (Å²) in [6.07, 6.45) is 1.65. The fraction of sp³-hybridized carbons (Fsp3) is 0. The van der Waals surface area contributed by atoms with Crippen molar-refractivity contribution in [2.45, 2.75) is 0 Å². The van der Waals surface area contributed by atoms with Gasteiger partial charge in [-0.2, -0.15) is 5.10 Å². The van der Waals surface area contributed by atoms with Crippen molar-refractivity contribution in [3.05, 3.63) is 59.8 Å². The molecule has 20 heavy (non-hydrogen) atoms. The molecule has 0 saturated carbocycles. The molecule has 0 bridgehead atoms. The summed E-state index contributed by atoms with van der Waals surface area (Å²) in [5.41, 5.74) is 2.15. The van der Waals surface area contributed by atoms with E-state index in [1.165, 1.54) is 12.1 Å². The zero-order valence-corrected chi connectivity index (χ0v) is 11.1. The number of nitrogens with zero attached hydrogens (tertiary/aromatic N) is 2. The molecule has 0 saturated heterocycles. The van der Waals surface area contributed by atoms with E-state index in [2.05, 4.69) is 5.10 Å². The number of phenolic OH excluding ortho intramolecular Hbond substituents is 2. The second kappa shape index (κ2) is 4.90. The van der Waals surface area contributed by atoms with E-state index in [9.17, 15) is 10.2 Å². The van der Waals surface area contributed by atoms with E-state index < -0.39 is 0 Å². The molecule has 0 amide bonds. The number of rotatable bonds is 2. The molecule has 5 heteroatoms. The zero-order valence-electron chi connectivity index (χ0n) is 10.4. The third-order valence-corrected chi connectivity index (χ3v) is 3.22. The molecule has 0 aliphatic carbocycles. The van der Waals surface area contributed by atoms with Gasteiger partial charge in [0.2, 0.25) is 0 Å². The summed E-state index contributed by atoms with van der Waals surface area (Å²) in [5.74, 6) is 0.0181. The Morgan fingerprint density at radius 2 is 1.70 bits per heavy atom. The molecule has 1 aromatic heterocycles. The summed E-state index contributed by atoms with van der Waals surface area (Å²) in [6.45, 7) is 0. The van der Waals surface area contributed by atoms with Crippen LogP contribution >= 0.6 is 11.6 Å². The predicted molar refractivity (Wildman–Crippen MR) is 77.3 cm³/mol. The Morgan fingerprint density at radius 3 is 2.40 bits per heavy atom. The Bertz CT molecular complexity index is 751. The number of hydrogen-bond acceptors (Lipinski definition) is 3. The number of halogens is 1. The molecule has 0 unspecified atom stereocenters. The first-order valence-corrected chi connectivity index (χ1v) is 6.35. The SMILES string of the molecule is Oc1ccc(-c2ccnn2-c2ccc(Cl)cc2)c(O)c1. The van der Waals surface area contributed by atoms with Crippen molar-refractivity contribution in [1.82, 2.24) is 9.78 Å². The fourth-order valence-corrected chi connectivity index (χ4v) is 2.16. The molecule has 0 aliphatic heterocycles. The van der Waals surface area contributed by atoms with E-state index in [0.29, 0.717) is 10.6 Å². The lowest BCUT2D eigenvalue weighted by Gasteiger charge is -2.09. The third-order valence-electron chi connectivity index (χ3n) is 2.97. The maximum absolute atomic E-state index is 9.96. The minimum Gasteiger partial charge on any atom is -0.508 e. The summed E-state index contributed by atoms with van der Waals surface area (Å²) in [6, 6.07) is 13.5. The Morgan fingerprint density at radius 1 is 0.950 bits per heavy atom.